The van der Waals surface area contributed by atoms with Gasteiger partial charge in [-0.3, -0.25) is 0 Å². The number of carbonyl (C=O) groups is 1. The number of esters is 1. The van der Waals surface area contributed by atoms with Gasteiger partial charge in [-0.2, -0.15) is 13.2 Å². The first-order valence-electron chi connectivity index (χ1n) is 5.51. The average Bonchev–Trinajstić information content (AvgIpc) is 2.13. The highest BCUT2D eigenvalue weighted by atomic mass is 19.4. The molecule has 6 heteroatoms. The molecule has 0 aromatic carbocycles. The van der Waals surface area contributed by atoms with Gasteiger partial charge >= 0.3 is 12.1 Å². The minimum Gasteiger partial charge on any atom is -0.455 e. The molecule has 0 aromatic rings. The van der Waals surface area contributed by atoms with Crippen LogP contribution in [0.2, 0.25) is 0 Å². The van der Waals surface area contributed by atoms with Crippen molar-refractivity contribution >= 4 is 5.97 Å². The highest BCUT2D eigenvalue weighted by Crippen LogP contribution is 2.39. The van der Waals surface area contributed by atoms with Crippen molar-refractivity contribution in [1.29, 1.82) is 0 Å². The Morgan fingerprint density at radius 1 is 1.28 bits per heavy atom. The van der Waals surface area contributed by atoms with E-state index < -0.39 is 23.9 Å². The second kappa shape index (κ2) is 5.71. The monoisotopic (exact) mass is 270 g/mol. The smallest absolute Gasteiger partial charge is 0.425 e. The van der Waals surface area contributed by atoms with Crippen molar-refractivity contribution in [2.45, 2.75) is 52.1 Å². The lowest BCUT2D eigenvalue weighted by Crippen LogP contribution is -2.50. The van der Waals surface area contributed by atoms with Gasteiger partial charge in [-0.25, -0.2) is 9.18 Å². The average molecular weight is 270 g/mol. The molecule has 106 valence electrons. The number of hydrogen-bond acceptors (Lipinski definition) is 2. The lowest BCUT2D eigenvalue weighted by Gasteiger charge is -2.32. The van der Waals surface area contributed by atoms with Crippen LogP contribution in [0.3, 0.4) is 0 Å². The van der Waals surface area contributed by atoms with Gasteiger partial charge in [0.1, 0.15) is 6.10 Å². The third-order valence-electron chi connectivity index (χ3n) is 2.44. The zero-order valence-corrected chi connectivity index (χ0v) is 10.9. The molecule has 0 saturated carbocycles. The predicted octanol–water partition coefficient (Wildman–Crippen LogP) is 3.81. The summed E-state index contributed by atoms with van der Waals surface area (Å²) in [5, 5.41) is 0. The first-order chi connectivity index (χ1) is 7.89. The maximum absolute atomic E-state index is 13.8. The quantitative estimate of drug-likeness (QED) is 0.431. The van der Waals surface area contributed by atoms with Crippen molar-refractivity contribution in [3.8, 4) is 0 Å². The molecule has 0 aliphatic heterocycles. The Kier molecular flexibility index (Phi) is 5.37. The molecule has 2 nitrogen and oxygen atoms in total. The number of hydrogen-bond donors (Lipinski definition) is 0. The van der Waals surface area contributed by atoms with Gasteiger partial charge in [0.2, 0.25) is 5.67 Å². The van der Waals surface area contributed by atoms with Crippen molar-refractivity contribution in [2.75, 3.05) is 0 Å². The number of rotatable bonds is 5. The maximum atomic E-state index is 13.8. The van der Waals surface area contributed by atoms with Gasteiger partial charge in [0.05, 0.1) is 0 Å². The Morgan fingerprint density at radius 3 is 2.00 bits per heavy atom. The molecule has 18 heavy (non-hydrogen) atoms. The number of ether oxygens (including phenoxy) is 1. The predicted molar refractivity (Wildman–Crippen MR) is 59.7 cm³/mol. The molecule has 0 heterocycles. The highest BCUT2D eigenvalue weighted by molar-refractivity contribution is 5.87. The van der Waals surface area contributed by atoms with Crippen molar-refractivity contribution in [2.24, 2.45) is 5.92 Å². The van der Waals surface area contributed by atoms with Crippen LogP contribution in [0.15, 0.2) is 12.2 Å². The molecular formula is C12H18F4O2. The third kappa shape index (κ3) is 4.31. The van der Waals surface area contributed by atoms with Gasteiger partial charge in [0.25, 0.3) is 0 Å². The number of alkyl halides is 4. The summed E-state index contributed by atoms with van der Waals surface area (Å²) in [6, 6.07) is 0. The number of halogens is 4. The molecule has 0 N–H and O–H groups in total. The SMILES string of the molecule is C=C(C)C(=O)OC(CC(C)C)C(C)(F)C(F)(F)F. The molecule has 0 spiro atoms. The summed E-state index contributed by atoms with van der Waals surface area (Å²) in [6.45, 7) is 8.16. The van der Waals surface area contributed by atoms with E-state index >= 15 is 0 Å². The van der Waals surface area contributed by atoms with E-state index in [0.29, 0.717) is 6.92 Å². The first-order valence-corrected chi connectivity index (χ1v) is 5.51. The summed E-state index contributed by atoms with van der Waals surface area (Å²) in [5.74, 6) is -1.26. The van der Waals surface area contributed by atoms with Crippen LogP contribution < -0.4 is 0 Å². The van der Waals surface area contributed by atoms with Crippen molar-refractivity contribution in [3.63, 3.8) is 0 Å². The fourth-order valence-electron chi connectivity index (χ4n) is 1.22. The molecule has 0 amide bonds. The lowest BCUT2D eigenvalue weighted by molar-refractivity contribution is -0.258. The number of carbonyl (C=O) groups excluding carboxylic acids is 1. The van der Waals surface area contributed by atoms with E-state index in [2.05, 4.69) is 11.3 Å². The standard InChI is InChI=1S/C12H18F4O2/c1-7(2)6-9(18-10(17)8(3)4)11(5,13)12(14,15)16/h7,9H,3,6H2,1-2,4-5H3. The van der Waals surface area contributed by atoms with E-state index in [4.69, 9.17) is 0 Å². The van der Waals surface area contributed by atoms with Gasteiger partial charge in [-0.05, 0) is 26.2 Å². The van der Waals surface area contributed by atoms with E-state index in [1.54, 1.807) is 13.8 Å². The molecule has 0 rings (SSSR count). The van der Waals surface area contributed by atoms with Crippen LogP contribution in [-0.2, 0) is 9.53 Å². The van der Waals surface area contributed by atoms with Gasteiger partial charge in [-0.1, -0.05) is 20.4 Å². The molecule has 2 atom stereocenters. The van der Waals surface area contributed by atoms with Crippen molar-refractivity contribution < 1.29 is 27.1 Å². The summed E-state index contributed by atoms with van der Waals surface area (Å²) in [7, 11) is 0. The fraction of sp³-hybridized carbons (Fsp3) is 0.750. The van der Waals surface area contributed by atoms with Crippen LogP contribution in [-0.4, -0.2) is 23.9 Å². The van der Waals surface area contributed by atoms with E-state index in [1.807, 2.05) is 0 Å². The Balaban J connectivity index is 5.11. The van der Waals surface area contributed by atoms with E-state index in [9.17, 15) is 22.4 Å². The van der Waals surface area contributed by atoms with Crippen LogP contribution in [0.5, 0.6) is 0 Å². The Morgan fingerprint density at radius 2 is 1.72 bits per heavy atom. The molecule has 0 radical (unpaired) electrons. The minimum absolute atomic E-state index is 0.0678. The van der Waals surface area contributed by atoms with Gasteiger partial charge in [0, 0.05) is 5.57 Å². The van der Waals surface area contributed by atoms with E-state index in [0.717, 1.165) is 0 Å². The molecule has 0 bridgehead atoms. The van der Waals surface area contributed by atoms with Crippen molar-refractivity contribution in [3.05, 3.63) is 12.2 Å². The highest BCUT2D eigenvalue weighted by Gasteiger charge is 2.58. The Labute approximate surface area is 104 Å². The minimum atomic E-state index is -5.10. The molecule has 0 aliphatic carbocycles. The molecule has 2 unspecified atom stereocenters. The van der Waals surface area contributed by atoms with E-state index in [1.165, 1.54) is 6.92 Å². The Hall–Kier alpha value is -1.07. The molecule has 0 aliphatic rings. The second-order valence-corrected chi connectivity index (χ2v) is 4.88. The Bertz CT molecular complexity index is 319. The lowest BCUT2D eigenvalue weighted by atomic mass is 9.92. The van der Waals surface area contributed by atoms with E-state index in [-0.39, 0.29) is 17.9 Å². The second-order valence-electron chi connectivity index (χ2n) is 4.88. The largest absolute Gasteiger partial charge is 0.455 e. The first kappa shape index (κ1) is 16.9. The normalized spacial score (nSPS) is 17.2. The van der Waals surface area contributed by atoms with Gasteiger partial charge < -0.3 is 4.74 Å². The zero-order valence-electron chi connectivity index (χ0n) is 10.9. The maximum Gasteiger partial charge on any atom is 0.425 e. The van der Waals surface area contributed by atoms with Gasteiger partial charge in [-0.15, -0.1) is 0 Å². The fourth-order valence-corrected chi connectivity index (χ4v) is 1.22. The zero-order chi connectivity index (χ0) is 14.7. The summed E-state index contributed by atoms with van der Waals surface area (Å²) in [6.07, 6.45) is -7.19. The van der Waals surface area contributed by atoms with Gasteiger partial charge in [0.15, 0.2) is 0 Å². The molecular weight excluding hydrogens is 252 g/mol. The molecule has 0 aromatic heterocycles. The van der Waals surface area contributed by atoms with Crippen molar-refractivity contribution in [1.82, 2.24) is 0 Å². The molecule has 0 fully saturated rings. The van der Waals surface area contributed by atoms with Crippen LogP contribution in [0, 0.1) is 5.92 Å². The van der Waals surface area contributed by atoms with Crippen LogP contribution in [0.1, 0.15) is 34.1 Å². The summed E-state index contributed by atoms with van der Waals surface area (Å²) in [5.41, 5.74) is -3.65. The summed E-state index contributed by atoms with van der Waals surface area (Å²) in [4.78, 5) is 11.3. The third-order valence-corrected chi connectivity index (χ3v) is 2.44. The summed E-state index contributed by atoms with van der Waals surface area (Å²) < 4.78 is 56.2. The molecule has 0 saturated heterocycles. The van der Waals surface area contributed by atoms with Crippen LogP contribution in [0.4, 0.5) is 17.6 Å². The summed E-state index contributed by atoms with van der Waals surface area (Å²) >= 11 is 0. The van der Waals surface area contributed by atoms with Crippen LogP contribution in [0.25, 0.3) is 0 Å². The topological polar surface area (TPSA) is 26.3 Å². The van der Waals surface area contributed by atoms with Crippen LogP contribution >= 0.6 is 0 Å².